The highest BCUT2D eigenvalue weighted by molar-refractivity contribution is 7.15. The Morgan fingerprint density at radius 1 is 1.47 bits per heavy atom. The first-order valence-electron chi connectivity index (χ1n) is 6.48. The number of aliphatic hydroxyl groups excluding tert-OH is 1. The summed E-state index contributed by atoms with van der Waals surface area (Å²) in [6, 6.07) is 4.01. The third-order valence-corrected chi connectivity index (χ3v) is 4.46. The average molecular weight is 275 g/mol. The Labute approximate surface area is 116 Å². The van der Waals surface area contributed by atoms with Crippen LogP contribution in [0, 0.1) is 0 Å². The van der Waals surface area contributed by atoms with E-state index in [1.165, 1.54) is 18.4 Å². The topological polar surface area (TPSA) is 49.2 Å². The number of hydrogen-bond acceptors (Lipinski definition) is 5. The van der Waals surface area contributed by atoms with E-state index < -0.39 is 0 Å². The van der Waals surface area contributed by atoms with Gasteiger partial charge in [-0.05, 0) is 24.5 Å². The Hall–Kier alpha value is -1.46. The van der Waals surface area contributed by atoms with Gasteiger partial charge in [0.25, 0.3) is 0 Å². The van der Waals surface area contributed by atoms with Gasteiger partial charge in [0.2, 0.25) is 0 Å². The summed E-state index contributed by atoms with van der Waals surface area (Å²) in [5, 5.41) is 10.4. The van der Waals surface area contributed by atoms with Crippen molar-refractivity contribution in [3.05, 3.63) is 40.7 Å². The van der Waals surface area contributed by atoms with Crippen molar-refractivity contribution in [3.63, 3.8) is 0 Å². The van der Waals surface area contributed by atoms with Crippen molar-refractivity contribution < 1.29 is 5.11 Å². The molecular weight excluding hydrogens is 258 g/mol. The molecule has 5 heteroatoms. The van der Waals surface area contributed by atoms with E-state index in [1.807, 2.05) is 19.3 Å². The van der Waals surface area contributed by atoms with E-state index in [9.17, 15) is 5.11 Å². The molecule has 1 fully saturated rings. The van der Waals surface area contributed by atoms with E-state index in [0.29, 0.717) is 5.92 Å². The van der Waals surface area contributed by atoms with Gasteiger partial charge in [-0.1, -0.05) is 17.4 Å². The summed E-state index contributed by atoms with van der Waals surface area (Å²) in [6.45, 7) is 0.889. The highest BCUT2D eigenvalue weighted by atomic mass is 32.1. The molecule has 1 N–H and O–H groups in total. The molecule has 2 aromatic heterocycles. The van der Waals surface area contributed by atoms with E-state index in [4.69, 9.17) is 4.98 Å². The van der Waals surface area contributed by atoms with Crippen LogP contribution in [0.15, 0.2) is 24.5 Å². The number of nitrogens with zero attached hydrogens (tertiary/aromatic N) is 3. The van der Waals surface area contributed by atoms with Gasteiger partial charge in [-0.15, -0.1) is 0 Å². The van der Waals surface area contributed by atoms with Crippen molar-refractivity contribution in [1.29, 1.82) is 0 Å². The molecule has 0 aliphatic heterocycles. The highest BCUT2D eigenvalue weighted by Crippen LogP contribution is 2.44. The lowest BCUT2D eigenvalue weighted by Gasteiger charge is -2.15. The van der Waals surface area contributed by atoms with Crippen LogP contribution >= 0.6 is 11.3 Å². The third-order valence-electron chi connectivity index (χ3n) is 3.29. The van der Waals surface area contributed by atoms with E-state index in [2.05, 4.69) is 16.0 Å². The van der Waals surface area contributed by atoms with Crippen molar-refractivity contribution in [2.75, 3.05) is 11.9 Å². The molecule has 0 saturated heterocycles. The number of aliphatic hydroxyl groups is 1. The first-order chi connectivity index (χ1) is 9.28. The second-order valence-corrected chi connectivity index (χ2v) is 6.02. The fourth-order valence-electron chi connectivity index (χ4n) is 2.14. The zero-order chi connectivity index (χ0) is 13.2. The van der Waals surface area contributed by atoms with Crippen LogP contribution in [0.2, 0.25) is 0 Å². The van der Waals surface area contributed by atoms with Crippen LogP contribution in [0.5, 0.6) is 0 Å². The molecule has 0 spiro atoms. The minimum Gasteiger partial charge on any atom is -0.391 e. The molecule has 0 aromatic carbocycles. The van der Waals surface area contributed by atoms with Crippen molar-refractivity contribution in [2.45, 2.75) is 31.9 Å². The van der Waals surface area contributed by atoms with Gasteiger partial charge in [-0.2, -0.15) is 0 Å². The summed E-state index contributed by atoms with van der Waals surface area (Å²) in [7, 11) is 2.03. The Balaban J connectivity index is 1.77. The molecule has 1 aliphatic carbocycles. The summed E-state index contributed by atoms with van der Waals surface area (Å²) in [4.78, 5) is 12.0. The van der Waals surface area contributed by atoms with Crippen LogP contribution < -0.4 is 4.90 Å². The maximum atomic E-state index is 9.42. The minimum absolute atomic E-state index is 0.101. The first-order valence-corrected chi connectivity index (χ1v) is 7.30. The number of anilines is 1. The van der Waals surface area contributed by atoms with Gasteiger partial charge in [0.15, 0.2) is 5.13 Å². The summed E-state index contributed by atoms with van der Waals surface area (Å²) in [5.41, 5.74) is 2.28. The first kappa shape index (κ1) is 12.6. The molecular formula is C14H17N3OS. The Morgan fingerprint density at radius 2 is 2.32 bits per heavy atom. The van der Waals surface area contributed by atoms with Crippen LogP contribution in [0.3, 0.4) is 0 Å². The van der Waals surface area contributed by atoms with Crippen LogP contribution in [0.1, 0.15) is 34.9 Å². The molecule has 1 aliphatic rings. The van der Waals surface area contributed by atoms with Crippen LogP contribution in [-0.2, 0) is 13.2 Å². The SMILES string of the molecule is CN(Cc1cccnc1)c1nc(C2CC2)c(CO)s1. The fraction of sp³-hybridized carbons (Fsp3) is 0.429. The van der Waals surface area contributed by atoms with Gasteiger partial charge in [-0.25, -0.2) is 4.98 Å². The normalized spacial score (nSPS) is 14.6. The predicted molar refractivity (Wildman–Crippen MR) is 76.4 cm³/mol. The molecule has 100 valence electrons. The summed E-state index contributed by atoms with van der Waals surface area (Å²) < 4.78 is 0. The van der Waals surface area contributed by atoms with Crippen molar-refractivity contribution in [2.24, 2.45) is 0 Å². The standard InChI is InChI=1S/C14H17N3OS/c1-17(8-10-3-2-6-15-7-10)14-16-13(11-4-5-11)12(9-18)19-14/h2-3,6-7,11,18H,4-5,8-9H2,1H3. The van der Waals surface area contributed by atoms with E-state index in [0.717, 1.165) is 22.2 Å². The Morgan fingerprint density at radius 3 is 2.95 bits per heavy atom. The summed E-state index contributed by atoms with van der Waals surface area (Å²) in [5.74, 6) is 0.582. The molecule has 4 nitrogen and oxygen atoms in total. The number of hydrogen-bond donors (Lipinski definition) is 1. The smallest absolute Gasteiger partial charge is 0.185 e. The second-order valence-electron chi connectivity index (χ2n) is 4.95. The van der Waals surface area contributed by atoms with Gasteiger partial charge >= 0.3 is 0 Å². The van der Waals surface area contributed by atoms with Crippen molar-refractivity contribution in [3.8, 4) is 0 Å². The average Bonchev–Trinajstić information content (AvgIpc) is 3.19. The molecule has 1 saturated carbocycles. The van der Waals surface area contributed by atoms with Crippen molar-refractivity contribution in [1.82, 2.24) is 9.97 Å². The maximum Gasteiger partial charge on any atom is 0.185 e. The Bertz CT molecular complexity index is 551. The third kappa shape index (κ3) is 2.77. The molecule has 0 atom stereocenters. The molecule has 0 amide bonds. The predicted octanol–water partition coefficient (Wildman–Crippen LogP) is 2.54. The van der Waals surface area contributed by atoms with Gasteiger partial charge in [0, 0.05) is 31.9 Å². The quantitative estimate of drug-likeness (QED) is 0.911. The largest absolute Gasteiger partial charge is 0.391 e. The lowest BCUT2D eigenvalue weighted by molar-refractivity contribution is 0.284. The second kappa shape index (κ2) is 5.27. The van der Waals surface area contributed by atoms with E-state index in [1.54, 1.807) is 17.5 Å². The number of thiazole rings is 1. The van der Waals surface area contributed by atoms with Crippen molar-refractivity contribution >= 4 is 16.5 Å². The van der Waals surface area contributed by atoms with E-state index >= 15 is 0 Å². The molecule has 2 aromatic rings. The van der Waals surface area contributed by atoms with Crippen LogP contribution in [0.4, 0.5) is 5.13 Å². The number of aromatic nitrogens is 2. The van der Waals surface area contributed by atoms with Gasteiger partial charge < -0.3 is 10.0 Å². The van der Waals surface area contributed by atoms with Gasteiger partial charge in [0.1, 0.15) is 0 Å². The molecule has 0 unspecified atom stereocenters. The summed E-state index contributed by atoms with van der Waals surface area (Å²) >= 11 is 1.60. The fourth-order valence-corrected chi connectivity index (χ4v) is 3.10. The van der Waals surface area contributed by atoms with E-state index in [-0.39, 0.29) is 6.61 Å². The molecule has 3 rings (SSSR count). The highest BCUT2D eigenvalue weighted by Gasteiger charge is 2.29. The lowest BCUT2D eigenvalue weighted by Crippen LogP contribution is -2.16. The zero-order valence-electron chi connectivity index (χ0n) is 10.9. The molecule has 2 heterocycles. The molecule has 0 bridgehead atoms. The molecule has 0 radical (unpaired) electrons. The lowest BCUT2D eigenvalue weighted by atomic mass is 10.2. The summed E-state index contributed by atoms with van der Waals surface area (Å²) in [6.07, 6.45) is 6.08. The maximum absolute atomic E-state index is 9.42. The monoisotopic (exact) mass is 275 g/mol. The Kier molecular flexibility index (Phi) is 3.48. The molecule has 19 heavy (non-hydrogen) atoms. The number of rotatable bonds is 5. The zero-order valence-corrected chi connectivity index (χ0v) is 11.7. The van der Waals surface area contributed by atoms with Crippen LogP contribution in [0.25, 0.3) is 0 Å². The van der Waals surface area contributed by atoms with Crippen LogP contribution in [-0.4, -0.2) is 22.1 Å². The number of pyridine rings is 1. The van der Waals surface area contributed by atoms with Gasteiger partial charge in [-0.3, -0.25) is 4.98 Å². The van der Waals surface area contributed by atoms with Gasteiger partial charge in [0.05, 0.1) is 17.2 Å². The minimum atomic E-state index is 0.101.